The molecule has 0 radical (unpaired) electrons. The van der Waals surface area contributed by atoms with Crippen LogP contribution in [0.2, 0.25) is 0 Å². The van der Waals surface area contributed by atoms with Crippen LogP contribution in [0.5, 0.6) is 0 Å². The van der Waals surface area contributed by atoms with Gasteiger partial charge < -0.3 is 10.5 Å². The lowest BCUT2D eigenvalue weighted by Gasteiger charge is -2.15. The second kappa shape index (κ2) is 5.02. The molecule has 1 atom stereocenters. The Kier molecular flexibility index (Phi) is 3.98. The Morgan fingerprint density at radius 3 is 2.64 bits per heavy atom. The average Bonchev–Trinajstić information content (AvgIpc) is 2.14. The summed E-state index contributed by atoms with van der Waals surface area (Å²) in [7, 11) is 0. The first-order valence-electron chi connectivity index (χ1n) is 4.33. The van der Waals surface area contributed by atoms with Crippen LogP contribution in [0.1, 0.15) is 17.2 Å². The molecule has 0 aliphatic carbocycles. The number of ether oxygens (including phenoxy) is 1. The van der Waals surface area contributed by atoms with E-state index >= 15 is 0 Å². The highest BCUT2D eigenvalue weighted by atomic mass is 19.3. The third-order valence-corrected chi connectivity index (χ3v) is 1.90. The fourth-order valence-corrected chi connectivity index (χ4v) is 1.26. The Hall–Kier alpha value is -1.00. The van der Waals surface area contributed by atoms with E-state index in [0.29, 0.717) is 5.56 Å². The van der Waals surface area contributed by atoms with Gasteiger partial charge in [-0.05, 0) is 12.5 Å². The summed E-state index contributed by atoms with van der Waals surface area (Å²) < 4.78 is 28.3. The number of benzene rings is 1. The second-order valence-electron chi connectivity index (χ2n) is 3.04. The van der Waals surface area contributed by atoms with E-state index in [0.717, 1.165) is 5.56 Å². The molecule has 1 unspecified atom stereocenters. The first-order chi connectivity index (χ1) is 6.63. The third-order valence-electron chi connectivity index (χ3n) is 1.90. The topological polar surface area (TPSA) is 35.2 Å². The second-order valence-corrected chi connectivity index (χ2v) is 3.04. The number of halogens is 2. The molecule has 0 aliphatic heterocycles. The van der Waals surface area contributed by atoms with Crippen molar-refractivity contribution in [3.63, 3.8) is 0 Å². The predicted octanol–water partition coefficient (Wildman–Crippen LogP) is 2.23. The SMILES string of the molecule is Cc1cccc(C(CN)OC(F)F)c1. The zero-order valence-electron chi connectivity index (χ0n) is 7.91. The highest BCUT2D eigenvalue weighted by molar-refractivity contribution is 5.24. The van der Waals surface area contributed by atoms with Crippen LogP contribution in [-0.4, -0.2) is 13.2 Å². The van der Waals surface area contributed by atoms with E-state index in [1.165, 1.54) is 0 Å². The first kappa shape index (κ1) is 11.1. The summed E-state index contributed by atoms with van der Waals surface area (Å²) in [6.45, 7) is -0.850. The number of hydrogen-bond donors (Lipinski definition) is 1. The maximum atomic E-state index is 12.0. The summed E-state index contributed by atoms with van der Waals surface area (Å²) in [6, 6.07) is 7.20. The van der Waals surface area contributed by atoms with Gasteiger partial charge >= 0.3 is 6.61 Å². The molecule has 1 aromatic rings. The molecule has 14 heavy (non-hydrogen) atoms. The number of nitrogens with two attached hydrogens (primary N) is 1. The van der Waals surface area contributed by atoms with Gasteiger partial charge in [-0.2, -0.15) is 8.78 Å². The summed E-state index contributed by atoms with van der Waals surface area (Å²) in [5.41, 5.74) is 7.03. The Morgan fingerprint density at radius 2 is 2.14 bits per heavy atom. The summed E-state index contributed by atoms with van der Waals surface area (Å²) >= 11 is 0. The Balaban J connectivity index is 2.78. The quantitative estimate of drug-likeness (QED) is 0.810. The molecule has 4 heteroatoms. The summed E-state index contributed by atoms with van der Waals surface area (Å²) in [6.07, 6.45) is -0.727. The molecule has 78 valence electrons. The van der Waals surface area contributed by atoms with Crippen molar-refractivity contribution >= 4 is 0 Å². The Bertz CT molecular complexity index is 291. The third kappa shape index (κ3) is 3.05. The largest absolute Gasteiger partial charge is 0.345 e. The van der Waals surface area contributed by atoms with E-state index in [2.05, 4.69) is 4.74 Å². The van der Waals surface area contributed by atoms with E-state index in [4.69, 9.17) is 5.73 Å². The van der Waals surface area contributed by atoms with Gasteiger partial charge in [0.05, 0.1) is 0 Å². The molecule has 2 nitrogen and oxygen atoms in total. The summed E-state index contributed by atoms with van der Waals surface area (Å²) in [4.78, 5) is 0. The molecule has 0 bridgehead atoms. The molecule has 0 aromatic heterocycles. The zero-order chi connectivity index (χ0) is 10.6. The number of alkyl halides is 2. The maximum absolute atomic E-state index is 12.0. The minimum atomic E-state index is -2.79. The summed E-state index contributed by atoms with van der Waals surface area (Å²) in [5, 5.41) is 0. The Labute approximate surface area is 81.7 Å². The van der Waals surface area contributed by atoms with Crippen molar-refractivity contribution < 1.29 is 13.5 Å². The fraction of sp³-hybridized carbons (Fsp3) is 0.400. The predicted molar refractivity (Wildman–Crippen MR) is 50.1 cm³/mol. The monoisotopic (exact) mass is 201 g/mol. The van der Waals surface area contributed by atoms with Gasteiger partial charge in [0.15, 0.2) is 0 Å². The molecule has 0 spiro atoms. The average molecular weight is 201 g/mol. The van der Waals surface area contributed by atoms with Crippen LogP contribution < -0.4 is 5.73 Å². The molecule has 0 fully saturated rings. The van der Waals surface area contributed by atoms with Crippen molar-refractivity contribution in [2.24, 2.45) is 5.73 Å². The van der Waals surface area contributed by atoms with Crippen molar-refractivity contribution in [3.8, 4) is 0 Å². The van der Waals surface area contributed by atoms with Crippen LogP contribution in [-0.2, 0) is 4.74 Å². The van der Waals surface area contributed by atoms with Crippen molar-refractivity contribution in [1.29, 1.82) is 0 Å². The molecule has 0 saturated carbocycles. The van der Waals surface area contributed by atoms with Crippen LogP contribution in [0, 0.1) is 6.92 Å². The Morgan fingerprint density at radius 1 is 1.43 bits per heavy atom. The van der Waals surface area contributed by atoms with E-state index in [-0.39, 0.29) is 6.54 Å². The first-order valence-corrected chi connectivity index (χ1v) is 4.33. The summed E-state index contributed by atoms with van der Waals surface area (Å²) in [5.74, 6) is 0. The molecule has 0 amide bonds. The molecule has 2 N–H and O–H groups in total. The highest BCUT2D eigenvalue weighted by Crippen LogP contribution is 2.19. The van der Waals surface area contributed by atoms with Crippen molar-refractivity contribution in [2.75, 3.05) is 6.54 Å². The van der Waals surface area contributed by atoms with E-state index in [1.807, 2.05) is 13.0 Å². The van der Waals surface area contributed by atoms with Gasteiger partial charge in [0.2, 0.25) is 0 Å². The zero-order valence-corrected chi connectivity index (χ0v) is 7.91. The van der Waals surface area contributed by atoms with Crippen molar-refractivity contribution in [1.82, 2.24) is 0 Å². The molecular formula is C10H13F2NO. The van der Waals surface area contributed by atoms with E-state index in [9.17, 15) is 8.78 Å². The minimum Gasteiger partial charge on any atom is -0.328 e. The lowest BCUT2D eigenvalue weighted by molar-refractivity contribution is -0.162. The van der Waals surface area contributed by atoms with Crippen LogP contribution in [0.3, 0.4) is 0 Å². The highest BCUT2D eigenvalue weighted by Gasteiger charge is 2.15. The maximum Gasteiger partial charge on any atom is 0.345 e. The van der Waals surface area contributed by atoms with Gasteiger partial charge in [0.25, 0.3) is 0 Å². The van der Waals surface area contributed by atoms with Gasteiger partial charge in [-0.3, -0.25) is 0 Å². The minimum absolute atomic E-state index is 0.0494. The molecule has 0 saturated heterocycles. The van der Waals surface area contributed by atoms with Crippen molar-refractivity contribution in [2.45, 2.75) is 19.6 Å². The fourth-order valence-electron chi connectivity index (χ4n) is 1.26. The van der Waals surface area contributed by atoms with Crippen LogP contribution in [0.15, 0.2) is 24.3 Å². The van der Waals surface area contributed by atoms with Crippen LogP contribution in [0.4, 0.5) is 8.78 Å². The molecular weight excluding hydrogens is 188 g/mol. The van der Waals surface area contributed by atoms with Gasteiger partial charge in [-0.1, -0.05) is 29.8 Å². The standard InChI is InChI=1S/C10H13F2NO/c1-7-3-2-4-8(5-7)9(6-13)14-10(11)12/h2-5,9-10H,6,13H2,1H3. The molecule has 1 rings (SSSR count). The molecule has 1 aromatic carbocycles. The van der Waals surface area contributed by atoms with Crippen LogP contribution >= 0.6 is 0 Å². The van der Waals surface area contributed by atoms with Gasteiger partial charge in [0, 0.05) is 6.54 Å². The van der Waals surface area contributed by atoms with E-state index in [1.54, 1.807) is 18.2 Å². The number of aryl methyl sites for hydroxylation is 1. The van der Waals surface area contributed by atoms with Gasteiger partial charge in [-0.25, -0.2) is 0 Å². The van der Waals surface area contributed by atoms with Gasteiger partial charge in [0.1, 0.15) is 6.10 Å². The van der Waals surface area contributed by atoms with Gasteiger partial charge in [-0.15, -0.1) is 0 Å². The lowest BCUT2D eigenvalue weighted by atomic mass is 10.1. The smallest absolute Gasteiger partial charge is 0.328 e. The van der Waals surface area contributed by atoms with Crippen molar-refractivity contribution in [3.05, 3.63) is 35.4 Å². The van der Waals surface area contributed by atoms with Crippen LogP contribution in [0.25, 0.3) is 0 Å². The molecule has 0 heterocycles. The normalized spacial score (nSPS) is 13.2. The number of hydrogen-bond acceptors (Lipinski definition) is 2. The van der Waals surface area contributed by atoms with E-state index < -0.39 is 12.7 Å². The lowest BCUT2D eigenvalue weighted by Crippen LogP contribution is -2.18. The molecule has 0 aliphatic rings. The number of rotatable bonds is 4.